The van der Waals surface area contributed by atoms with E-state index in [0.29, 0.717) is 6.04 Å². The average Bonchev–Trinajstić information content (AvgIpc) is 2.39. The fraction of sp³-hybridized carbons (Fsp3) is 0.500. The number of nitrogens with zero attached hydrogens (tertiary/aromatic N) is 1. The monoisotopic (exact) mass is 232 g/mol. The van der Waals surface area contributed by atoms with E-state index in [1.165, 1.54) is 5.69 Å². The first-order valence-electron chi connectivity index (χ1n) is 6.03. The summed E-state index contributed by atoms with van der Waals surface area (Å²) in [5, 5.41) is 0. The molecule has 3 nitrogen and oxygen atoms in total. The first-order valence-corrected chi connectivity index (χ1v) is 6.03. The number of carbonyl (C=O) groups excluding carboxylic acids is 1. The summed E-state index contributed by atoms with van der Waals surface area (Å²) in [4.78, 5) is 13.0. The van der Waals surface area contributed by atoms with Crippen molar-refractivity contribution in [1.82, 2.24) is 0 Å². The second-order valence-corrected chi connectivity index (χ2v) is 4.58. The first-order chi connectivity index (χ1) is 8.24. The quantitative estimate of drug-likeness (QED) is 0.801. The van der Waals surface area contributed by atoms with Gasteiger partial charge in [-0.15, -0.1) is 0 Å². The molecule has 1 radical (unpaired) electrons. The number of hydrogen-bond acceptors (Lipinski definition) is 3. The highest BCUT2D eigenvalue weighted by Gasteiger charge is 2.25. The third-order valence-corrected chi connectivity index (χ3v) is 3.45. The molecule has 0 bridgehead atoms. The Morgan fingerprint density at radius 3 is 2.59 bits per heavy atom. The minimum atomic E-state index is 0.111. The molecule has 0 aliphatic carbocycles. The molecule has 0 aromatic heterocycles. The van der Waals surface area contributed by atoms with E-state index in [2.05, 4.69) is 30.2 Å². The van der Waals surface area contributed by atoms with Gasteiger partial charge in [0.2, 0.25) is 6.29 Å². The molecule has 2 unspecified atom stereocenters. The zero-order valence-electron chi connectivity index (χ0n) is 10.3. The minimum absolute atomic E-state index is 0.111. The Labute approximate surface area is 102 Å². The van der Waals surface area contributed by atoms with Crippen LogP contribution in [0.4, 0.5) is 5.69 Å². The second kappa shape index (κ2) is 5.21. The Morgan fingerprint density at radius 2 is 2.06 bits per heavy atom. The van der Waals surface area contributed by atoms with Crippen LogP contribution in [0.15, 0.2) is 24.3 Å². The lowest BCUT2D eigenvalue weighted by molar-refractivity contribution is 0.405. The molecule has 1 saturated heterocycles. The van der Waals surface area contributed by atoms with Crippen LogP contribution >= 0.6 is 0 Å². The van der Waals surface area contributed by atoms with E-state index < -0.39 is 0 Å². The molecule has 3 heteroatoms. The van der Waals surface area contributed by atoms with Gasteiger partial charge in [0.25, 0.3) is 0 Å². The van der Waals surface area contributed by atoms with Crippen LogP contribution in [0.2, 0.25) is 0 Å². The summed E-state index contributed by atoms with van der Waals surface area (Å²) in [5.41, 5.74) is 1.20. The van der Waals surface area contributed by atoms with Crippen molar-refractivity contribution in [2.24, 2.45) is 5.92 Å². The van der Waals surface area contributed by atoms with Crippen molar-refractivity contribution >= 4 is 12.0 Å². The molecule has 0 amide bonds. The van der Waals surface area contributed by atoms with E-state index in [0.717, 1.165) is 25.1 Å². The highest BCUT2D eigenvalue weighted by Crippen LogP contribution is 2.28. The van der Waals surface area contributed by atoms with Crippen LogP contribution in [0.3, 0.4) is 0 Å². The molecule has 1 aliphatic heterocycles. The van der Waals surface area contributed by atoms with Gasteiger partial charge in [-0.25, -0.2) is 0 Å². The number of rotatable bonds is 3. The number of ether oxygens (including phenoxy) is 1. The summed E-state index contributed by atoms with van der Waals surface area (Å²) < 4.78 is 5.15. The Bertz CT molecular complexity index is 374. The average molecular weight is 232 g/mol. The fourth-order valence-corrected chi connectivity index (χ4v) is 2.44. The van der Waals surface area contributed by atoms with Gasteiger partial charge in [-0.05, 0) is 44.0 Å². The zero-order valence-corrected chi connectivity index (χ0v) is 10.3. The smallest absolute Gasteiger partial charge is 0.201 e. The van der Waals surface area contributed by atoms with E-state index in [4.69, 9.17) is 4.74 Å². The SMILES string of the molecule is COc1ccc(N2CCC([C]=O)CC2C)cc1. The van der Waals surface area contributed by atoms with Gasteiger partial charge in [0.05, 0.1) is 7.11 Å². The van der Waals surface area contributed by atoms with Crippen molar-refractivity contribution in [2.75, 3.05) is 18.6 Å². The summed E-state index contributed by atoms with van der Waals surface area (Å²) in [6, 6.07) is 8.48. The van der Waals surface area contributed by atoms with Gasteiger partial charge in [0.1, 0.15) is 5.75 Å². The van der Waals surface area contributed by atoms with Crippen molar-refractivity contribution in [3.05, 3.63) is 24.3 Å². The summed E-state index contributed by atoms with van der Waals surface area (Å²) in [6.45, 7) is 3.08. The molecule has 2 rings (SSSR count). The molecule has 0 N–H and O–H groups in total. The van der Waals surface area contributed by atoms with Crippen molar-refractivity contribution in [3.8, 4) is 5.75 Å². The third kappa shape index (κ3) is 2.60. The molecule has 1 aliphatic rings. The fourth-order valence-electron chi connectivity index (χ4n) is 2.44. The lowest BCUT2D eigenvalue weighted by atomic mass is 9.92. The van der Waals surface area contributed by atoms with E-state index in [9.17, 15) is 4.79 Å². The molecular weight excluding hydrogens is 214 g/mol. The molecule has 1 aromatic carbocycles. The largest absolute Gasteiger partial charge is 0.497 e. The van der Waals surface area contributed by atoms with Gasteiger partial charge in [0, 0.05) is 24.2 Å². The topological polar surface area (TPSA) is 29.5 Å². The van der Waals surface area contributed by atoms with Crippen LogP contribution in [0.5, 0.6) is 5.75 Å². The molecule has 17 heavy (non-hydrogen) atoms. The van der Waals surface area contributed by atoms with Crippen LogP contribution in [-0.4, -0.2) is 26.0 Å². The Kier molecular flexibility index (Phi) is 3.67. The molecule has 0 spiro atoms. The van der Waals surface area contributed by atoms with Crippen LogP contribution in [-0.2, 0) is 4.79 Å². The van der Waals surface area contributed by atoms with Crippen molar-refractivity contribution < 1.29 is 9.53 Å². The van der Waals surface area contributed by atoms with Gasteiger partial charge in [-0.1, -0.05) is 0 Å². The molecule has 2 atom stereocenters. The van der Waals surface area contributed by atoms with Gasteiger partial charge in [0.15, 0.2) is 0 Å². The normalized spacial score (nSPS) is 24.5. The van der Waals surface area contributed by atoms with Gasteiger partial charge in [-0.2, -0.15) is 0 Å². The summed E-state index contributed by atoms with van der Waals surface area (Å²) in [7, 11) is 1.67. The Hall–Kier alpha value is -1.51. The molecule has 1 fully saturated rings. The molecule has 0 saturated carbocycles. The number of hydrogen-bond donors (Lipinski definition) is 0. The van der Waals surface area contributed by atoms with E-state index in [1.807, 2.05) is 12.1 Å². The van der Waals surface area contributed by atoms with E-state index >= 15 is 0 Å². The van der Waals surface area contributed by atoms with Crippen molar-refractivity contribution in [2.45, 2.75) is 25.8 Å². The number of methoxy groups -OCH3 is 1. The van der Waals surface area contributed by atoms with Crippen LogP contribution in [0.1, 0.15) is 19.8 Å². The van der Waals surface area contributed by atoms with Gasteiger partial charge < -0.3 is 9.64 Å². The summed E-state index contributed by atoms with van der Waals surface area (Å²) in [6.07, 6.45) is 3.93. The van der Waals surface area contributed by atoms with Gasteiger partial charge in [-0.3, -0.25) is 4.79 Å². The van der Waals surface area contributed by atoms with Crippen LogP contribution in [0.25, 0.3) is 0 Å². The lowest BCUT2D eigenvalue weighted by Gasteiger charge is -2.37. The maximum Gasteiger partial charge on any atom is 0.201 e. The maximum atomic E-state index is 10.7. The second-order valence-electron chi connectivity index (χ2n) is 4.58. The first kappa shape index (κ1) is 12.0. The summed E-state index contributed by atoms with van der Waals surface area (Å²) in [5.74, 6) is 0.983. The van der Waals surface area contributed by atoms with Gasteiger partial charge >= 0.3 is 0 Å². The predicted octanol–water partition coefficient (Wildman–Crippen LogP) is 2.41. The van der Waals surface area contributed by atoms with E-state index in [-0.39, 0.29) is 5.92 Å². The predicted molar refractivity (Wildman–Crippen MR) is 68.2 cm³/mol. The Balaban J connectivity index is 2.09. The van der Waals surface area contributed by atoms with E-state index in [1.54, 1.807) is 7.11 Å². The highest BCUT2D eigenvalue weighted by atomic mass is 16.5. The number of anilines is 1. The van der Waals surface area contributed by atoms with Crippen molar-refractivity contribution in [1.29, 1.82) is 0 Å². The van der Waals surface area contributed by atoms with Crippen molar-refractivity contribution in [3.63, 3.8) is 0 Å². The maximum absolute atomic E-state index is 10.7. The molecule has 91 valence electrons. The zero-order chi connectivity index (χ0) is 12.3. The van der Waals surface area contributed by atoms with Crippen LogP contribution < -0.4 is 9.64 Å². The third-order valence-electron chi connectivity index (χ3n) is 3.45. The molecular formula is C14H18NO2. The number of benzene rings is 1. The Morgan fingerprint density at radius 1 is 1.35 bits per heavy atom. The lowest BCUT2D eigenvalue weighted by Crippen LogP contribution is -2.41. The summed E-state index contributed by atoms with van der Waals surface area (Å²) >= 11 is 0. The highest BCUT2D eigenvalue weighted by molar-refractivity contribution is 5.57. The molecule has 1 heterocycles. The van der Waals surface area contributed by atoms with Crippen LogP contribution in [0, 0.1) is 5.92 Å². The standard InChI is InChI=1S/C14H18NO2/c1-11-9-12(10-16)7-8-15(11)13-3-5-14(17-2)6-4-13/h3-6,11-12H,7-9H2,1-2H3. The number of piperidine rings is 1. The minimum Gasteiger partial charge on any atom is -0.497 e. The molecule has 1 aromatic rings.